The van der Waals surface area contributed by atoms with Crippen LogP contribution in [-0.4, -0.2) is 35.8 Å². The van der Waals surface area contributed by atoms with Crippen molar-refractivity contribution >= 4 is 21.8 Å². The maximum Gasteiger partial charge on any atom is 0.394 e. The van der Waals surface area contributed by atoms with Gasteiger partial charge in [0.15, 0.2) is 0 Å². The smallest absolute Gasteiger partial charge is 0.394 e. The average Bonchev–Trinajstić information content (AvgIpc) is 2.17. The molecule has 0 spiro atoms. The van der Waals surface area contributed by atoms with E-state index >= 15 is 0 Å². The van der Waals surface area contributed by atoms with E-state index in [-0.39, 0.29) is 13.2 Å². The lowest BCUT2D eigenvalue weighted by Crippen LogP contribution is -2.04. The van der Waals surface area contributed by atoms with E-state index in [0.29, 0.717) is 17.1 Å². The number of nitrogens with two attached hydrogens (primary N) is 2. The third kappa shape index (κ3) is 9.38. The van der Waals surface area contributed by atoms with Gasteiger partial charge in [-0.25, -0.2) is 0 Å². The van der Waals surface area contributed by atoms with Crippen LogP contribution >= 0.6 is 0 Å². The fourth-order valence-electron chi connectivity index (χ4n) is 0.832. The first kappa shape index (κ1) is 15.4. The number of aliphatic hydroxyl groups is 1. The van der Waals surface area contributed by atoms with Crippen molar-refractivity contribution in [3.8, 4) is 5.75 Å². The molecule has 0 fully saturated rings. The molecule has 17 heavy (non-hydrogen) atoms. The topological polar surface area (TPSA) is 156 Å². The molecule has 1 aromatic carbocycles. The highest BCUT2D eigenvalue weighted by Gasteiger charge is 1.99. The molecule has 0 bridgehead atoms. The van der Waals surface area contributed by atoms with Crippen molar-refractivity contribution in [2.45, 2.75) is 0 Å². The molecule has 7 N–H and O–H groups in total. The first-order valence-corrected chi connectivity index (χ1v) is 5.72. The van der Waals surface area contributed by atoms with Crippen molar-refractivity contribution in [1.29, 1.82) is 0 Å². The lowest BCUT2D eigenvalue weighted by atomic mass is 10.2. The van der Waals surface area contributed by atoms with Gasteiger partial charge in [-0.2, -0.15) is 8.42 Å². The number of nitrogen functional groups attached to an aromatic ring is 2. The molecule has 0 radical (unpaired) electrons. The first-order chi connectivity index (χ1) is 7.74. The maximum atomic E-state index is 8.74. The summed E-state index contributed by atoms with van der Waals surface area (Å²) in [6.45, 7) is 0.196. The fourth-order valence-corrected chi connectivity index (χ4v) is 0.832. The number of hydrogen-bond donors (Lipinski definition) is 5. The van der Waals surface area contributed by atoms with E-state index in [0.717, 1.165) is 0 Å². The summed E-state index contributed by atoms with van der Waals surface area (Å²) in [6, 6.07) is 4.99. The highest BCUT2D eigenvalue weighted by molar-refractivity contribution is 7.79. The molecular weight excluding hydrogens is 252 g/mol. The number of anilines is 2. The predicted octanol–water partition coefficient (Wildman–Crippen LogP) is -0.431. The second-order valence-electron chi connectivity index (χ2n) is 2.82. The second kappa shape index (κ2) is 6.91. The summed E-state index contributed by atoms with van der Waals surface area (Å²) < 4.78 is 36.7. The van der Waals surface area contributed by atoms with Crippen molar-refractivity contribution in [2.24, 2.45) is 0 Å². The zero-order chi connectivity index (χ0) is 13.5. The highest BCUT2D eigenvalue weighted by Crippen LogP contribution is 2.23. The summed E-state index contributed by atoms with van der Waals surface area (Å²) in [5.74, 6) is 0.518. The molecule has 0 aliphatic rings. The molecule has 9 heteroatoms. The maximum absolute atomic E-state index is 8.74. The van der Waals surface area contributed by atoms with Crippen LogP contribution in [-0.2, 0) is 10.4 Å². The minimum Gasteiger partial charge on any atom is -0.489 e. The Hall–Kier alpha value is -1.55. The molecule has 1 aromatic rings. The zero-order valence-electron chi connectivity index (χ0n) is 8.78. The van der Waals surface area contributed by atoms with Gasteiger partial charge in [0.05, 0.1) is 12.3 Å². The molecule has 0 saturated carbocycles. The normalized spacial score (nSPS) is 10.3. The van der Waals surface area contributed by atoms with Crippen LogP contribution in [0.2, 0.25) is 0 Å². The van der Waals surface area contributed by atoms with Crippen LogP contribution in [0.5, 0.6) is 5.75 Å². The van der Waals surface area contributed by atoms with E-state index < -0.39 is 10.4 Å². The van der Waals surface area contributed by atoms with Crippen molar-refractivity contribution in [1.82, 2.24) is 0 Å². The van der Waals surface area contributed by atoms with Gasteiger partial charge < -0.3 is 21.3 Å². The molecule has 0 atom stereocenters. The number of ether oxygens (including phenoxy) is 1. The molecule has 0 amide bonds. The molecule has 0 aliphatic heterocycles. The van der Waals surface area contributed by atoms with Gasteiger partial charge >= 0.3 is 10.4 Å². The van der Waals surface area contributed by atoms with E-state index in [1.807, 2.05) is 0 Å². The third-order valence-electron chi connectivity index (χ3n) is 1.39. The predicted molar refractivity (Wildman–Crippen MR) is 62.0 cm³/mol. The first-order valence-electron chi connectivity index (χ1n) is 4.32. The molecular formula is C8H14N2O6S. The Morgan fingerprint density at radius 2 is 1.76 bits per heavy atom. The SMILES string of the molecule is Nc1ccc(N)c(OCCO)c1.O=S(=O)(O)O. The Balaban J connectivity index is 0.000000437. The van der Waals surface area contributed by atoms with Crippen LogP contribution in [0.15, 0.2) is 18.2 Å². The summed E-state index contributed by atoms with van der Waals surface area (Å²) in [5.41, 5.74) is 12.2. The van der Waals surface area contributed by atoms with Gasteiger partial charge in [0.25, 0.3) is 0 Å². The van der Waals surface area contributed by atoms with E-state index in [2.05, 4.69) is 0 Å². The molecule has 98 valence electrons. The van der Waals surface area contributed by atoms with E-state index in [9.17, 15) is 0 Å². The number of rotatable bonds is 3. The summed E-state index contributed by atoms with van der Waals surface area (Å²) in [5, 5.41) is 8.49. The van der Waals surface area contributed by atoms with E-state index in [1.165, 1.54) is 0 Å². The molecule has 0 heterocycles. The summed E-state index contributed by atoms with van der Waals surface area (Å²) in [6.07, 6.45) is 0. The number of hydrogen-bond acceptors (Lipinski definition) is 6. The summed E-state index contributed by atoms with van der Waals surface area (Å²) >= 11 is 0. The quantitative estimate of drug-likeness (QED) is 0.364. The van der Waals surface area contributed by atoms with Gasteiger partial charge in [0.1, 0.15) is 12.4 Å². The summed E-state index contributed by atoms with van der Waals surface area (Å²) in [7, 11) is -4.67. The van der Waals surface area contributed by atoms with Gasteiger partial charge in [0.2, 0.25) is 0 Å². The van der Waals surface area contributed by atoms with Crippen LogP contribution in [0.3, 0.4) is 0 Å². The monoisotopic (exact) mass is 266 g/mol. The van der Waals surface area contributed by atoms with Crippen molar-refractivity contribution < 1.29 is 27.4 Å². The van der Waals surface area contributed by atoms with Gasteiger partial charge in [-0.3, -0.25) is 9.11 Å². The van der Waals surface area contributed by atoms with E-state index in [4.69, 9.17) is 38.8 Å². The van der Waals surface area contributed by atoms with E-state index in [1.54, 1.807) is 18.2 Å². The fraction of sp³-hybridized carbons (Fsp3) is 0.250. The lowest BCUT2D eigenvalue weighted by Gasteiger charge is -2.07. The highest BCUT2D eigenvalue weighted by atomic mass is 32.3. The third-order valence-corrected chi connectivity index (χ3v) is 1.39. The van der Waals surface area contributed by atoms with Crippen LogP contribution in [0, 0.1) is 0 Å². The van der Waals surface area contributed by atoms with Gasteiger partial charge in [-0.05, 0) is 12.1 Å². The minimum atomic E-state index is -4.67. The number of benzene rings is 1. The lowest BCUT2D eigenvalue weighted by molar-refractivity contribution is 0.202. The molecule has 0 unspecified atom stereocenters. The number of aliphatic hydroxyl groups excluding tert-OH is 1. The molecule has 1 rings (SSSR count). The van der Waals surface area contributed by atoms with Crippen LogP contribution < -0.4 is 16.2 Å². The Morgan fingerprint density at radius 3 is 2.24 bits per heavy atom. The Labute approximate surface area is 98.4 Å². The summed E-state index contributed by atoms with van der Waals surface area (Å²) in [4.78, 5) is 0. The largest absolute Gasteiger partial charge is 0.489 e. The minimum absolute atomic E-state index is 0.0335. The standard InChI is InChI=1S/C8H12N2O2.H2O4S/c9-6-1-2-7(10)8(5-6)12-4-3-11;1-5(2,3)4/h1-2,5,11H,3-4,9-10H2;(H2,1,2,3,4). The Bertz CT molecular complexity index is 439. The zero-order valence-corrected chi connectivity index (χ0v) is 9.59. The Kier molecular flexibility index (Phi) is 6.28. The Morgan fingerprint density at radius 1 is 1.24 bits per heavy atom. The molecule has 0 aliphatic carbocycles. The second-order valence-corrected chi connectivity index (χ2v) is 3.71. The van der Waals surface area contributed by atoms with Crippen molar-refractivity contribution in [3.63, 3.8) is 0 Å². The van der Waals surface area contributed by atoms with Gasteiger partial charge in [0, 0.05) is 11.8 Å². The average molecular weight is 266 g/mol. The van der Waals surface area contributed by atoms with Crippen LogP contribution in [0.4, 0.5) is 11.4 Å². The van der Waals surface area contributed by atoms with Crippen molar-refractivity contribution in [2.75, 3.05) is 24.7 Å². The van der Waals surface area contributed by atoms with Gasteiger partial charge in [-0.15, -0.1) is 0 Å². The van der Waals surface area contributed by atoms with Crippen LogP contribution in [0.1, 0.15) is 0 Å². The van der Waals surface area contributed by atoms with Crippen molar-refractivity contribution in [3.05, 3.63) is 18.2 Å². The molecule has 0 aromatic heterocycles. The molecule has 0 saturated heterocycles. The van der Waals surface area contributed by atoms with Crippen LogP contribution in [0.25, 0.3) is 0 Å². The van der Waals surface area contributed by atoms with Gasteiger partial charge in [-0.1, -0.05) is 0 Å². The molecule has 8 nitrogen and oxygen atoms in total.